The minimum atomic E-state index is -0.424. The third-order valence-electron chi connectivity index (χ3n) is 4.35. The second-order valence-electron chi connectivity index (χ2n) is 6.34. The zero-order valence-electron chi connectivity index (χ0n) is 16.9. The van der Waals surface area contributed by atoms with E-state index in [0.717, 1.165) is 11.1 Å². The number of nitrogens with one attached hydrogen (secondary N) is 1. The van der Waals surface area contributed by atoms with E-state index >= 15 is 0 Å². The van der Waals surface area contributed by atoms with Crippen molar-refractivity contribution >= 4 is 17.5 Å². The average molecular weight is 432 g/mol. The molecule has 3 aromatic rings. The van der Waals surface area contributed by atoms with Gasteiger partial charge in [0.25, 0.3) is 0 Å². The van der Waals surface area contributed by atoms with E-state index in [1.165, 1.54) is 7.11 Å². The topological polar surface area (TPSA) is 95.7 Å². The number of methoxy groups -OCH3 is 3. The smallest absolute Gasteiger partial charge is 0.308 e. The van der Waals surface area contributed by atoms with Gasteiger partial charge in [-0.1, -0.05) is 23.7 Å². The molecule has 3 rings (SSSR count). The van der Waals surface area contributed by atoms with Crippen molar-refractivity contribution in [1.29, 1.82) is 0 Å². The molecule has 1 N–H and O–H groups in total. The second kappa shape index (κ2) is 9.98. The van der Waals surface area contributed by atoms with Crippen LogP contribution < -0.4 is 19.5 Å². The number of carbonyl (C=O) groups excluding carboxylic acids is 1. The Morgan fingerprint density at radius 1 is 1.00 bits per heavy atom. The van der Waals surface area contributed by atoms with Crippen molar-refractivity contribution in [1.82, 2.24) is 15.5 Å². The number of hydrogen-bond donors (Lipinski definition) is 1. The number of carbonyl (C=O) groups is 1. The highest BCUT2D eigenvalue weighted by Crippen LogP contribution is 2.38. The number of halogens is 1. The van der Waals surface area contributed by atoms with E-state index in [1.54, 1.807) is 26.4 Å². The Morgan fingerprint density at radius 2 is 1.67 bits per heavy atom. The van der Waals surface area contributed by atoms with Crippen molar-refractivity contribution in [3.63, 3.8) is 0 Å². The van der Waals surface area contributed by atoms with Gasteiger partial charge in [0.2, 0.25) is 11.6 Å². The molecule has 0 spiro atoms. The van der Waals surface area contributed by atoms with E-state index in [9.17, 15) is 4.79 Å². The number of nitrogens with zero attached hydrogens (tertiary/aromatic N) is 2. The van der Waals surface area contributed by atoms with E-state index < -0.39 is 5.91 Å². The number of benzene rings is 2. The van der Waals surface area contributed by atoms with Gasteiger partial charge in [-0.05, 0) is 41.8 Å². The lowest BCUT2D eigenvalue weighted by atomic mass is 10.1. The standard InChI is InChI=1S/C21H22ClN3O5/c1-27-16-10-14(11-17(28-2)19(16)29-3)12-18-24-25-21(30-18)20(26)23-9-8-13-4-6-15(22)7-5-13/h4-7,10-11H,8-9,12H2,1-3H3,(H,23,26). The molecule has 0 saturated carbocycles. The third-order valence-corrected chi connectivity index (χ3v) is 4.61. The van der Waals surface area contributed by atoms with Gasteiger partial charge >= 0.3 is 11.8 Å². The van der Waals surface area contributed by atoms with Crippen LogP contribution >= 0.6 is 11.6 Å². The van der Waals surface area contributed by atoms with Crippen LogP contribution in [0.3, 0.4) is 0 Å². The predicted molar refractivity (Wildman–Crippen MR) is 111 cm³/mol. The fourth-order valence-corrected chi connectivity index (χ4v) is 3.00. The highest BCUT2D eigenvalue weighted by Gasteiger charge is 2.17. The van der Waals surface area contributed by atoms with E-state index in [2.05, 4.69) is 15.5 Å². The molecule has 30 heavy (non-hydrogen) atoms. The van der Waals surface area contributed by atoms with Crippen LogP contribution in [0.4, 0.5) is 0 Å². The van der Waals surface area contributed by atoms with E-state index in [4.69, 9.17) is 30.2 Å². The van der Waals surface area contributed by atoms with Gasteiger partial charge in [-0.25, -0.2) is 0 Å². The summed E-state index contributed by atoms with van der Waals surface area (Å²) in [4.78, 5) is 12.3. The number of rotatable bonds is 9. The Morgan fingerprint density at radius 3 is 2.27 bits per heavy atom. The van der Waals surface area contributed by atoms with Crippen LogP contribution in [0.1, 0.15) is 27.7 Å². The molecule has 1 amide bonds. The van der Waals surface area contributed by atoms with Crippen LogP contribution in [-0.4, -0.2) is 44.0 Å². The van der Waals surface area contributed by atoms with Gasteiger partial charge in [0.15, 0.2) is 11.5 Å². The van der Waals surface area contributed by atoms with Gasteiger partial charge in [0.1, 0.15) is 0 Å². The van der Waals surface area contributed by atoms with Crippen molar-refractivity contribution in [3.05, 3.63) is 64.3 Å². The Hall–Kier alpha value is -3.26. The van der Waals surface area contributed by atoms with Crippen molar-refractivity contribution in [2.75, 3.05) is 27.9 Å². The van der Waals surface area contributed by atoms with Crippen LogP contribution in [0, 0.1) is 0 Å². The fraction of sp³-hybridized carbons (Fsp3) is 0.286. The van der Waals surface area contributed by atoms with E-state index in [-0.39, 0.29) is 5.89 Å². The van der Waals surface area contributed by atoms with Crippen molar-refractivity contribution in [3.8, 4) is 17.2 Å². The lowest BCUT2D eigenvalue weighted by Crippen LogP contribution is -2.26. The lowest BCUT2D eigenvalue weighted by Gasteiger charge is -2.13. The summed E-state index contributed by atoms with van der Waals surface area (Å²) in [5.41, 5.74) is 1.87. The highest BCUT2D eigenvalue weighted by molar-refractivity contribution is 6.30. The van der Waals surface area contributed by atoms with Gasteiger partial charge in [-0.15, -0.1) is 10.2 Å². The molecule has 0 aliphatic carbocycles. The molecule has 2 aromatic carbocycles. The van der Waals surface area contributed by atoms with E-state index in [0.29, 0.717) is 47.5 Å². The van der Waals surface area contributed by atoms with Crippen molar-refractivity contribution < 1.29 is 23.4 Å². The number of amides is 1. The molecule has 0 atom stereocenters. The summed E-state index contributed by atoms with van der Waals surface area (Å²) in [5, 5.41) is 11.2. The Bertz CT molecular complexity index is 979. The first-order chi connectivity index (χ1) is 14.5. The molecular formula is C21H22ClN3O5. The second-order valence-corrected chi connectivity index (χ2v) is 6.78. The zero-order chi connectivity index (χ0) is 21.5. The maximum atomic E-state index is 12.3. The minimum Gasteiger partial charge on any atom is -0.493 e. The molecule has 0 saturated heterocycles. The van der Waals surface area contributed by atoms with Crippen LogP contribution in [0.2, 0.25) is 5.02 Å². The minimum absolute atomic E-state index is 0.0893. The maximum absolute atomic E-state index is 12.3. The molecule has 1 heterocycles. The molecule has 0 aliphatic heterocycles. The fourth-order valence-electron chi connectivity index (χ4n) is 2.88. The molecule has 0 radical (unpaired) electrons. The molecule has 0 bridgehead atoms. The molecule has 158 valence electrons. The highest BCUT2D eigenvalue weighted by atomic mass is 35.5. The summed E-state index contributed by atoms with van der Waals surface area (Å²) in [7, 11) is 4.62. The Balaban J connectivity index is 1.61. The first-order valence-corrected chi connectivity index (χ1v) is 9.55. The summed E-state index contributed by atoms with van der Waals surface area (Å²) in [6, 6.07) is 11.0. The third kappa shape index (κ3) is 5.21. The summed E-state index contributed by atoms with van der Waals surface area (Å²) < 4.78 is 21.5. The molecule has 1 aromatic heterocycles. The molecule has 0 unspecified atom stereocenters. The van der Waals surface area contributed by atoms with Gasteiger partial charge < -0.3 is 23.9 Å². The summed E-state index contributed by atoms with van der Waals surface area (Å²) in [6.45, 7) is 0.436. The predicted octanol–water partition coefficient (Wildman–Crippen LogP) is 3.31. The van der Waals surface area contributed by atoms with E-state index in [1.807, 2.05) is 24.3 Å². The Labute approximate surface area is 179 Å². The normalized spacial score (nSPS) is 10.5. The van der Waals surface area contributed by atoms with Crippen molar-refractivity contribution in [2.45, 2.75) is 12.8 Å². The lowest BCUT2D eigenvalue weighted by molar-refractivity contribution is 0.0918. The first-order valence-electron chi connectivity index (χ1n) is 9.18. The summed E-state index contributed by atoms with van der Waals surface area (Å²) in [5.74, 6) is 1.32. The Kier molecular flexibility index (Phi) is 7.13. The molecule has 8 nitrogen and oxygen atoms in total. The monoisotopic (exact) mass is 431 g/mol. The quantitative estimate of drug-likeness (QED) is 0.555. The molecule has 9 heteroatoms. The van der Waals surface area contributed by atoms with Crippen LogP contribution in [0.5, 0.6) is 17.2 Å². The van der Waals surface area contributed by atoms with Gasteiger partial charge in [0.05, 0.1) is 27.8 Å². The number of ether oxygens (including phenoxy) is 3. The largest absolute Gasteiger partial charge is 0.493 e. The van der Waals surface area contributed by atoms with Crippen LogP contribution in [0.25, 0.3) is 0 Å². The molecular weight excluding hydrogens is 410 g/mol. The van der Waals surface area contributed by atoms with Crippen LogP contribution in [0.15, 0.2) is 40.8 Å². The average Bonchev–Trinajstić information content (AvgIpc) is 3.22. The zero-order valence-corrected chi connectivity index (χ0v) is 17.7. The van der Waals surface area contributed by atoms with Gasteiger partial charge in [-0.2, -0.15) is 0 Å². The van der Waals surface area contributed by atoms with Gasteiger partial charge in [0, 0.05) is 11.6 Å². The number of hydrogen-bond acceptors (Lipinski definition) is 7. The molecule has 0 aliphatic rings. The maximum Gasteiger partial charge on any atom is 0.308 e. The van der Waals surface area contributed by atoms with Crippen LogP contribution in [-0.2, 0) is 12.8 Å². The van der Waals surface area contributed by atoms with Crippen molar-refractivity contribution in [2.24, 2.45) is 0 Å². The number of aromatic nitrogens is 2. The summed E-state index contributed by atoms with van der Waals surface area (Å²) in [6.07, 6.45) is 0.969. The first kappa shape index (κ1) is 21.4. The summed E-state index contributed by atoms with van der Waals surface area (Å²) >= 11 is 5.87. The SMILES string of the molecule is COc1cc(Cc2nnc(C(=O)NCCc3ccc(Cl)cc3)o2)cc(OC)c1OC. The van der Waals surface area contributed by atoms with Gasteiger partial charge in [-0.3, -0.25) is 4.79 Å². The molecule has 0 fully saturated rings.